The number of nitrogens with zero attached hydrogens (tertiary/aromatic N) is 5. The van der Waals surface area contributed by atoms with Crippen molar-refractivity contribution in [3.05, 3.63) is 96.1 Å². The first-order valence-corrected chi connectivity index (χ1v) is 22.4. The summed E-state index contributed by atoms with van der Waals surface area (Å²) in [5.74, 6) is -0.380. The molecule has 3 unspecified atom stereocenters. The fourth-order valence-electron chi connectivity index (χ4n) is 9.50. The number of fused-ring (bicyclic) bond motifs is 5. The minimum atomic E-state index is -3.07. The second kappa shape index (κ2) is 18.4. The van der Waals surface area contributed by atoms with E-state index in [1.807, 2.05) is 52.0 Å². The molecule has 354 valence electrons. The number of H-pyrrole nitrogens is 2. The molecule has 0 saturated carbocycles. The zero-order chi connectivity index (χ0) is 47.4. The van der Waals surface area contributed by atoms with Gasteiger partial charge in [0.15, 0.2) is 0 Å². The average molecular weight is 928 g/mol. The van der Waals surface area contributed by atoms with E-state index in [0.717, 1.165) is 6.42 Å². The maximum atomic E-state index is 16.8. The van der Waals surface area contributed by atoms with E-state index in [4.69, 9.17) is 19.9 Å². The number of likely N-dealkylation sites (tertiary alicyclic amines) is 2. The van der Waals surface area contributed by atoms with Crippen LogP contribution in [0.4, 0.5) is 17.6 Å². The lowest BCUT2D eigenvalue weighted by Crippen LogP contribution is -2.53. The van der Waals surface area contributed by atoms with Crippen LogP contribution in [0.2, 0.25) is 0 Å². The van der Waals surface area contributed by atoms with Crippen LogP contribution >= 0.6 is 0 Å². The van der Waals surface area contributed by atoms with Crippen molar-refractivity contribution < 1.29 is 46.5 Å². The van der Waals surface area contributed by atoms with Crippen LogP contribution in [0.3, 0.4) is 0 Å². The number of amides is 2. The predicted octanol–water partition coefficient (Wildman–Crippen LogP) is 7.56. The summed E-state index contributed by atoms with van der Waals surface area (Å²) >= 11 is 0. The van der Waals surface area contributed by atoms with Crippen LogP contribution < -0.4 is 20.5 Å². The van der Waals surface area contributed by atoms with Gasteiger partial charge in [0.1, 0.15) is 35.1 Å². The van der Waals surface area contributed by atoms with Gasteiger partial charge in [-0.25, -0.2) is 18.7 Å². The highest BCUT2D eigenvalue weighted by Gasteiger charge is 2.42. The molecule has 19 heteroatoms. The molecule has 15 nitrogen and oxygen atoms in total. The van der Waals surface area contributed by atoms with Gasteiger partial charge in [0, 0.05) is 42.2 Å². The number of nitrogens with two attached hydrogens (primary N) is 1. The van der Waals surface area contributed by atoms with Crippen molar-refractivity contribution in [1.82, 2.24) is 39.6 Å². The molecule has 3 aromatic heterocycles. The van der Waals surface area contributed by atoms with Crippen molar-refractivity contribution in [3.8, 4) is 45.3 Å². The molecular formula is C48H53F4N9O6. The fourth-order valence-corrected chi connectivity index (χ4v) is 9.50. The number of ether oxygens (including phenoxy) is 3. The van der Waals surface area contributed by atoms with E-state index >= 15 is 8.78 Å². The molecular weight excluding hydrogens is 875 g/mol. The van der Waals surface area contributed by atoms with Gasteiger partial charge in [0.25, 0.3) is 0 Å². The Balaban J connectivity index is 1.07. The number of carbonyl (C=O) groups excluding carboxylic acids is 2. The topological polar surface area (TPSA) is 189 Å². The number of hydrogen-bond donors (Lipinski definition) is 5. The molecule has 9 rings (SSSR count). The van der Waals surface area contributed by atoms with E-state index in [1.165, 1.54) is 30.2 Å². The number of alkyl halides is 3. The van der Waals surface area contributed by atoms with Gasteiger partial charge in [-0.1, -0.05) is 45.9 Å². The van der Waals surface area contributed by atoms with E-state index in [9.17, 15) is 23.5 Å². The quantitative estimate of drug-likeness (QED) is 0.0539. The molecule has 2 saturated heterocycles. The normalized spacial score (nSPS) is 20.7. The SMILES string of the molecule is COC(O)N[C@H](C(=O)N1CC(F)C[C@H]1c1ncc(-c2ccc3c(c2)cc2n3C(c3cccc(OC(F)F)c3)Oc3cc(-c4cnc([C@@H]5CCCN5C(=O)[C@@H](N)C(C)C)[nH]4)cc(F)c3-2)[nH]1)C(C)C. The number of benzene rings is 3. The molecule has 7 atom stereocenters. The van der Waals surface area contributed by atoms with Crippen molar-refractivity contribution in [3.63, 3.8) is 0 Å². The standard InChI is InChI=1S/C48H53F4N9O6/c1-23(2)40(53)44(62)59-13-7-10-35(59)42-54-21-33(57-42)27-16-31(50)39-36-17-28-14-25(11-12-34(28)61(36)46(67-38(39)18-27)26-8-6-9-30(15-26)66-47(51)52)32-20-55-43(56-32)37-19-29(49)22-60(37)45(63)41(24(3)4)58-48(64)65-5/h6,8-9,11-12,14-18,20-21,23-24,29,35,37,40-41,46-48,58,64H,7,10,13,19,22,53H2,1-5H3,(H,54,57)(H,55,56)/t29?,35-,37-,40-,41-,46?,48?/m0/s1. The molecule has 67 heavy (non-hydrogen) atoms. The number of rotatable bonds is 14. The number of halogens is 4. The van der Waals surface area contributed by atoms with Gasteiger partial charge in [-0.05, 0) is 67.1 Å². The molecule has 0 aliphatic carbocycles. The van der Waals surface area contributed by atoms with Crippen LogP contribution in [-0.4, -0.2) is 103 Å². The van der Waals surface area contributed by atoms with Crippen LogP contribution in [0.15, 0.2) is 73.1 Å². The molecule has 3 aliphatic heterocycles. The van der Waals surface area contributed by atoms with Crippen LogP contribution in [0.1, 0.15) is 82.5 Å². The van der Waals surface area contributed by atoms with Crippen LogP contribution in [0, 0.1) is 17.7 Å². The van der Waals surface area contributed by atoms with Gasteiger partial charge in [0.2, 0.25) is 24.5 Å². The van der Waals surface area contributed by atoms with E-state index in [-0.39, 0.29) is 53.8 Å². The summed E-state index contributed by atoms with van der Waals surface area (Å²) in [4.78, 5) is 46.1. The number of nitrogens with one attached hydrogen (secondary N) is 3. The zero-order valence-corrected chi connectivity index (χ0v) is 37.6. The van der Waals surface area contributed by atoms with Crippen LogP contribution in [0.25, 0.3) is 44.7 Å². The summed E-state index contributed by atoms with van der Waals surface area (Å²) in [6.45, 7) is 4.76. The number of carbonyl (C=O) groups is 2. The van der Waals surface area contributed by atoms with E-state index in [1.54, 1.807) is 40.1 Å². The number of aromatic nitrogens is 5. The number of aromatic amines is 2. The third kappa shape index (κ3) is 8.76. The Morgan fingerprint density at radius 3 is 2.36 bits per heavy atom. The molecule has 0 bridgehead atoms. The number of aliphatic hydroxyl groups is 1. The van der Waals surface area contributed by atoms with E-state index < -0.39 is 55.3 Å². The van der Waals surface area contributed by atoms with Crippen LogP contribution in [-0.2, 0) is 14.3 Å². The van der Waals surface area contributed by atoms with Crippen molar-refractivity contribution in [2.45, 2.75) is 96.5 Å². The first-order chi connectivity index (χ1) is 32.1. The Morgan fingerprint density at radius 1 is 0.925 bits per heavy atom. The van der Waals surface area contributed by atoms with Gasteiger partial charge >= 0.3 is 6.61 Å². The van der Waals surface area contributed by atoms with Gasteiger partial charge in [0.05, 0.1) is 71.3 Å². The fraction of sp³-hybridized carbons (Fsp3) is 0.417. The summed E-state index contributed by atoms with van der Waals surface area (Å²) < 4.78 is 76.9. The number of methoxy groups -OCH3 is 1. The van der Waals surface area contributed by atoms with E-state index in [0.29, 0.717) is 69.3 Å². The second-order valence-electron chi connectivity index (χ2n) is 18.1. The zero-order valence-electron chi connectivity index (χ0n) is 37.6. The third-order valence-electron chi connectivity index (χ3n) is 13.0. The monoisotopic (exact) mass is 927 g/mol. The Hall–Kier alpha value is -6.28. The van der Waals surface area contributed by atoms with Crippen molar-refractivity contribution in [2.24, 2.45) is 17.6 Å². The summed E-state index contributed by atoms with van der Waals surface area (Å²) in [6.07, 6.45) is 1.04. The molecule has 6 N–H and O–H groups in total. The second-order valence-corrected chi connectivity index (χ2v) is 18.1. The summed E-state index contributed by atoms with van der Waals surface area (Å²) in [5, 5.41) is 13.5. The van der Waals surface area contributed by atoms with E-state index in [2.05, 4.69) is 25.3 Å². The molecule has 0 radical (unpaired) electrons. The summed E-state index contributed by atoms with van der Waals surface area (Å²) in [7, 11) is 1.30. The first-order valence-electron chi connectivity index (χ1n) is 22.4. The predicted molar refractivity (Wildman–Crippen MR) is 240 cm³/mol. The first kappa shape index (κ1) is 45.9. The Kier molecular flexibility index (Phi) is 12.6. The molecule has 2 amide bonds. The molecule has 0 spiro atoms. The van der Waals surface area contributed by atoms with Crippen LogP contribution in [0.5, 0.6) is 11.5 Å². The van der Waals surface area contributed by atoms with Crippen molar-refractivity contribution in [1.29, 1.82) is 0 Å². The van der Waals surface area contributed by atoms with Gasteiger partial charge in [-0.2, -0.15) is 8.78 Å². The summed E-state index contributed by atoms with van der Waals surface area (Å²) in [5.41, 5.74) is 10.2. The van der Waals surface area contributed by atoms with Gasteiger partial charge < -0.3 is 49.4 Å². The lowest BCUT2D eigenvalue weighted by molar-refractivity contribution is -0.145. The highest BCUT2D eigenvalue weighted by Crippen LogP contribution is 2.48. The lowest BCUT2D eigenvalue weighted by Gasteiger charge is -2.31. The largest absolute Gasteiger partial charge is 0.465 e. The minimum absolute atomic E-state index is 0.0223. The minimum Gasteiger partial charge on any atom is -0.465 e. The number of imidazole rings is 2. The molecule has 3 aromatic carbocycles. The average Bonchev–Trinajstić information content (AvgIpc) is 4.16. The third-order valence-corrected chi connectivity index (χ3v) is 13.0. The maximum absolute atomic E-state index is 16.8. The number of hydrogen-bond acceptors (Lipinski definition) is 10. The Morgan fingerprint density at radius 2 is 1.66 bits per heavy atom. The smallest absolute Gasteiger partial charge is 0.387 e. The van der Waals surface area contributed by atoms with Gasteiger partial charge in [-0.15, -0.1) is 0 Å². The molecule has 6 heterocycles. The van der Waals surface area contributed by atoms with Crippen molar-refractivity contribution in [2.75, 3.05) is 20.2 Å². The Bertz CT molecular complexity index is 2790. The summed E-state index contributed by atoms with van der Waals surface area (Å²) in [6, 6.07) is 14.1. The lowest BCUT2D eigenvalue weighted by atomic mass is 10.0. The van der Waals surface area contributed by atoms with Crippen molar-refractivity contribution >= 4 is 22.7 Å². The number of aliphatic hydroxyl groups excluding tert-OH is 1. The highest BCUT2D eigenvalue weighted by atomic mass is 19.3. The highest BCUT2D eigenvalue weighted by molar-refractivity contribution is 5.93. The Labute approximate surface area is 383 Å². The van der Waals surface area contributed by atoms with Gasteiger partial charge in [-0.3, -0.25) is 14.9 Å². The molecule has 2 fully saturated rings. The molecule has 3 aliphatic rings. The maximum Gasteiger partial charge on any atom is 0.387 e. The molecule has 6 aromatic rings.